The van der Waals surface area contributed by atoms with Gasteiger partial charge in [0.05, 0.1) is 5.75 Å². The molecule has 0 aliphatic carbocycles. The maximum absolute atomic E-state index is 13.1. The fraction of sp³-hybridized carbons (Fsp3) is 0.158. The number of nitrogens with zero attached hydrogens (tertiary/aromatic N) is 5. The van der Waals surface area contributed by atoms with Gasteiger partial charge in [-0.2, -0.15) is 4.98 Å². The summed E-state index contributed by atoms with van der Waals surface area (Å²) in [5.74, 6) is 1.95. The summed E-state index contributed by atoms with van der Waals surface area (Å²) < 4.78 is 20.3. The molecule has 0 amide bonds. The van der Waals surface area contributed by atoms with Gasteiger partial charge < -0.3 is 9.09 Å². The van der Waals surface area contributed by atoms with Gasteiger partial charge >= 0.3 is 0 Å². The van der Waals surface area contributed by atoms with E-state index in [-0.39, 0.29) is 5.82 Å². The summed E-state index contributed by atoms with van der Waals surface area (Å²) >= 11 is 1.45. The molecule has 0 spiro atoms. The van der Waals surface area contributed by atoms with E-state index in [0.29, 0.717) is 28.4 Å². The first kappa shape index (κ1) is 17.4. The summed E-state index contributed by atoms with van der Waals surface area (Å²) in [4.78, 5) is 4.43. The Bertz CT molecular complexity index is 1060. The Balaban J connectivity index is 1.46. The van der Waals surface area contributed by atoms with Crippen molar-refractivity contribution in [3.63, 3.8) is 0 Å². The summed E-state index contributed by atoms with van der Waals surface area (Å²) in [5.41, 5.74) is 2.90. The molecule has 0 saturated carbocycles. The third-order valence-electron chi connectivity index (χ3n) is 4.04. The smallest absolute Gasteiger partial charge is 0.237 e. The molecule has 0 saturated heterocycles. The zero-order valence-corrected chi connectivity index (χ0v) is 15.6. The standard InChI is InChI=1S/C19H16FN5OS/c1-12-3-5-13(6-4-12)17-21-16(26-24-17)11-27-19-23-22-18(25(19)2)14-7-9-15(20)10-8-14/h3-10H,11H2,1-2H3. The van der Waals surface area contributed by atoms with Gasteiger partial charge in [0, 0.05) is 18.2 Å². The van der Waals surface area contributed by atoms with Crippen LogP contribution >= 0.6 is 11.8 Å². The molecule has 4 aromatic rings. The monoisotopic (exact) mass is 381 g/mol. The average molecular weight is 381 g/mol. The molecule has 0 N–H and O–H groups in total. The molecule has 0 aliphatic heterocycles. The minimum atomic E-state index is -0.281. The van der Waals surface area contributed by atoms with Gasteiger partial charge in [-0.3, -0.25) is 0 Å². The van der Waals surface area contributed by atoms with E-state index in [9.17, 15) is 4.39 Å². The first-order valence-corrected chi connectivity index (χ1v) is 9.26. The molecule has 2 aromatic heterocycles. The van der Waals surface area contributed by atoms with Gasteiger partial charge in [0.15, 0.2) is 11.0 Å². The van der Waals surface area contributed by atoms with Crippen molar-refractivity contribution in [1.29, 1.82) is 0 Å². The van der Waals surface area contributed by atoms with Gasteiger partial charge in [0.2, 0.25) is 11.7 Å². The van der Waals surface area contributed by atoms with Crippen LogP contribution in [-0.4, -0.2) is 24.9 Å². The van der Waals surface area contributed by atoms with Crippen LogP contribution < -0.4 is 0 Å². The number of aromatic nitrogens is 5. The van der Waals surface area contributed by atoms with Crippen molar-refractivity contribution in [1.82, 2.24) is 24.9 Å². The highest BCUT2D eigenvalue weighted by molar-refractivity contribution is 7.98. The first-order chi connectivity index (χ1) is 13.1. The number of thioether (sulfide) groups is 1. The summed E-state index contributed by atoms with van der Waals surface area (Å²) in [6.07, 6.45) is 0. The summed E-state index contributed by atoms with van der Waals surface area (Å²) in [6, 6.07) is 14.1. The number of aryl methyl sites for hydroxylation is 1. The van der Waals surface area contributed by atoms with Crippen LogP contribution in [0.2, 0.25) is 0 Å². The number of benzene rings is 2. The molecule has 0 atom stereocenters. The highest BCUT2D eigenvalue weighted by Gasteiger charge is 2.14. The van der Waals surface area contributed by atoms with Gasteiger partial charge in [-0.1, -0.05) is 46.7 Å². The fourth-order valence-corrected chi connectivity index (χ4v) is 3.30. The van der Waals surface area contributed by atoms with E-state index in [0.717, 1.165) is 11.1 Å². The normalized spacial score (nSPS) is 11.1. The van der Waals surface area contributed by atoms with Gasteiger partial charge in [0.25, 0.3) is 0 Å². The average Bonchev–Trinajstić information content (AvgIpc) is 3.28. The quantitative estimate of drug-likeness (QED) is 0.481. The van der Waals surface area contributed by atoms with Crippen LogP contribution in [0.1, 0.15) is 11.5 Å². The molecule has 2 heterocycles. The van der Waals surface area contributed by atoms with Crippen molar-refractivity contribution in [2.24, 2.45) is 7.05 Å². The van der Waals surface area contributed by atoms with Crippen LogP contribution in [0.4, 0.5) is 4.39 Å². The molecule has 4 rings (SSSR count). The first-order valence-electron chi connectivity index (χ1n) is 8.28. The van der Waals surface area contributed by atoms with E-state index < -0.39 is 0 Å². The second-order valence-corrected chi connectivity index (χ2v) is 6.98. The third kappa shape index (κ3) is 3.75. The van der Waals surface area contributed by atoms with Crippen molar-refractivity contribution in [3.05, 3.63) is 65.8 Å². The summed E-state index contributed by atoms with van der Waals surface area (Å²) in [6.45, 7) is 2.03. The Hall–Kier alpha value is -3.00. The maximum atomic E-state index is 13.1. The Morgan fingerprint density at radius 2 is 1.70 bits per heavy atom. The second kappa shape index (κ2) is 7.32. The van der Waals surface area contributed by atoms with Crippen molar-refractivity contribution >= 4 is 11.8 Å². The van der Waals surface area contributed by atoms with Crippen molar-refractivity contribution in [2.45, 2.75) is 17.8 Å². The lowest BCUT2D eigenvalue weighted by atomic mass is 10.1. The van der Waals surface area contributed by atoms with Gasteiger partial charge in [-0.15, -0.1) is 10.2 Å². The zero-order chi connectivity index (χ0) is 18.8. The van der Waals surface area contributed by atoms with E-state index in [1.807, 2.05) is 42.8 Å². The van der Waals surface area contributed by atoms with E-state index in [1.165, 1.54) is 29.5 Å². The lowest BCUT2D eigenvalue weighted by Crippen LogP contribution is -1.95. The molecule has 0 radical (unpaired) electrons. The maximum Gasteiger partial charge on any atom is 0.237 e. The molecule has 27 heavy (non-hydrogen) atoms. The number of hydrogen-bond acceptors (Lipinski definition) is 6. The third-order valence-corrected chi connectivity index (χ3v) is 5.04. The van der Waals surface area contributed by atoms with E-state index in [4.69, 9.17) is 4.52 Å². The highest BCUT2D eigenvalue weighted by atomic mass is 32.2. The molecule has 0 unspecified atom stereocenters. The fourth-order valence-electron chi connectivity index (χ4n) is 2.55. The van der Waals surface area contributed by atoms with Crippen LogP contribution in [0.3, 0.4) is 0 Å². The molecular formula is C19H16FN5OS. The van der Waals surface area contributed by atoms with Gasteiger partial charge in [-0.05, 0) is 31.2 Å². The summed E-state index contributed by atoms with van der Waals surface area (Å²) in [7, 11) is 1.87. The molecule has 2 aromatic carbocycles. The minimum Gasteiger partial charge on any atom is -0.338 e. The van der Waals surface area contributed by atoms with Crippen LogP contribution in [-0.2, 0) is 12.8 Å². The summed E-state index contributed by atoms with van der Waals surface area (Å²) in [5, 5.41) is 13.1. The lowest BCUT2D eigenvalue weighted by molar-refractivity contribution is 0.391. The molecule has 6 nitrogen and oxygen atoms in total. The SMILES string of the molecule is Cc1ccc(-c2noc(CSc3nnc(-c4ccc(F)cc4)n3C)n2)cc1. The van der Waals surface area contributed by atoms with Gasteiger partial charge in [-0.25, -0.2) is 4.39 Å². The Labute approximate surface area is 159 Å². The van der Waals surface area contributed by atoms with E-state index in [2.05, 4.69) is 20.3 Å². The van der Waals surface area contributed by atoms with Crippen molar-refractivity contribution in [3.8, 4) is 22.8 Å². The largest absolute Gasteiger partial charge is 0.338 e. The van der Waals surface area contributed by atoms with Crippen LogP contribution in [0.25, 0.3) is 22.8 Å². The predicted molar refractivity (Wildman–Crippen MR) is 100 cm³/mol. The van der Waals surface area contributed by atoms with Crippen molar-refractivity contribution in [2.75, 3.05) is 0 Å². The van der Waals surface area contributed by atoms with Crippen LogP contribution in [0, 0.1) is 12.7 Å². The second-order valence-electron chi connectivity index (χ2n) is 6.04. The number of halogens is 1. The Kier molecular flexibility index (Phi) is 4.72. The molecule has 0 aliphatic rings. The molecular weight excluding hydrogens is 365 g/mol. The molecule has 8 heteroatoms. The topological polar surface area (TPSA) is 69.6 Å². The molecule has 0 bridgehead atoms. The zero-order valence-electron chi connectivity index (χ0n) is 14.8. The van der Waals surface area contributed by atoms with E-state index in [1.54, 1.807) is 12.1 Å². The van der Waals surface area contributed by atoms with Crippen molar-refractivity contribution < 1.29 is 8.91 Å². The Morgan fingerprint density at radius 1 is 1.00 bits per heavy atom. The number of rotatable bonds is 5. The Morgan fingerprint density at radius 3 is 2.44 bits per heavy atom. The van der Waals surface area contributed by atoms with E-state index >= 15 is 0 Å². The predicted octanol–water partition coefficient (Wildman–Crippen LogP) is 4.27. The highest BCUT2D eigenvalue weighted by Crippen LogP contribution is 2.26. The van der Waals surface area contributed by atoms with Crippen LogP contribution in [0.15, 0.2) is 58.2 Å². The molecule has 0 fully saturated rings. The minimum absolute atomic E-state index is 0.281. The number of hydrogen-bond donors (Lipinski definition) is 0. The van der Waals surface area contributed by atoms with Crippen LogP contribution in [0.5, 0.6) is 0 Å². The van der Waals surface area contributed by atoms with Gasteiger partial charge in [0.1, 0.15) is 5.82 Å². The molecule has 136 valence electrons. The lowest BCUT2D eigenvalue weighted by Gasteiger charge is -2.02.